The summed E-state index contributed by atoms with van der Waals surface area (Å²) in [4.78, 5) is 14.7. The Hall–Kier alpha value is -1.43. The highest BCUT2D eigenvalue weighted by atomic mass is 16.5. The Morgan fingerprint density at radius 3 is 3.08 bits per heavy atom. The first-order valence-corrected chi connectivity index (χ1v) is 3.42. The molecule has 6 heteroatoms. The first-order valence-electron chi connectivity index (χ1n) is 3.42. The SMILES string of the molecule is CNCc1nc(C(=O)OC)n[nH]1. The van der Waals surface area contributed by atoms with Crippen LogP contribution in [0.2, 0.25) is 0 Å². The molecule has 0 radical (unpaired) electrons. The number of hydrogen-bond donors (Lipinski definition) is 2. The van der Waals surface area contributed by atoms with Crippen LogP contribution in [0.1, 0.15) is 16.4 Å². The number of ether oxygens (including phenoxy) is 1. The van der Waals surface area contributed by atoms with Crippen molar-refractivity contribution in [1.29, 1.82) is 0 Å². The molecule has 0 aliphatic heterocycles. The molecule has 0 aliphatic carbocycles. The molecule has 0 amide bonds. The molecular formula is C6H10N4O2. The first kappa shape index (κ1) is 8.66. The van der Waals surface area contributed by atoms with Crippen LogP contribution in [0.4, 0.5) is 0 Å². The Labute approximate surface area is 69.3 Å². The van der Waals surface area contributed by atoms with E-state index in [2.05, 4.69) is 25.2 Å². The fourth-order valence-electron chi connectivity index (χ4n) is 0.724. The van der Waals surface area contributed by atoms with Crippen LogP contribution in [0.5, 0.6) is 0 Å². The number of rotatable bonds is 3. The molecule has 66 valence electrons. The largest absolute Gasteiger partial charge is 0.463 e. The predicted molar refractivity (Wildman–Crippen MR) is 40.5 cm³/mol. The predicted octanol–water partition coefficient (Wildman–Crippen LogP) is -0.689. The average Bonchev–Trinajstić information content (AvgIpc) is 2.52. The van der Waals surface area contributed by atoms with Gasteiger partial charge in [0.05, 0.1) is 13.7 Å². The summed E-state index contributed by atoms with van der Waals surface area (Å²) < 4.78 is 4.42. The van der Waals surface area contributed by atoms with Crippen molar-refractivity contribution in [3.63, 3.8) is 0 Å². The maximum Gasteiger partial charge on any atom is 0.377 e. The van der Waals surface area contributed by atoms with Crippen LogP contribution >= 0.6 is 0 Å². The van der Waals surface area contributed by atoms with Crippen molar-refractivity contribution in [2.45, 2.75) is 6.54 Å². The van der Waals surface area contributed by atoms with Gasteiger partial charge in [-0.1, -0.05) is 0 Å². The first-order chi connectivity index (χ1) is 5.77. The molecule has 0 fully saturated rings. The third-order valence-corrected chi connectivity index (χ3v) is 1.24. The van der Waals surface area contributed by atoms with E-state index in [9.17, 15) is 4.79 Å². The van der Waals surface area contributed by atoms with E-state index in [0.29, 0.717) is 12.4 Å². The van der Waals surface area contributed by atoms with Crippen LogP contribution in [-0.2, 0) is 11.3 Å². The van der Waals surface area contributed by atoms with Gasteiger partial charge in [0, 0.05) is 0 Å². The second-order valence-electron chi connectivity index (χ2n) is 2.13. The summed E-state index contributed by atoms with van der Waals surface area (Å²) in [6.45, 7) is 0.546. The van der Waals surface area contributed by atoms with Gasteiger partial charge in [-0.25, -0.2) is 9.78 Å². The third-order valence-electron chi connectivity index (χ3n) is 1.24. The van der Waals surface area contributed by atoms with Crippen molar-refractivity contribution in [2.24, 2.45) is 0 Å². The Kier molecular flexibility index (Phi) is 2.76. The number of aromatic amines is 1. The molecule has 1 rings (SSSR count). The van der Waals surface area contributed by atoms with Gasteiger partial charge in [-0.3, -0.25) is 5.10 Å². The lowest BCUT2D eigenvalue weighted by Crippen LogP contribution is -2.07. The number of H-pyrrole nitrogens is 1. The number of carbonyl (C=O) groups excluding carboxylic acids is 1. The van der Waals surface area contributed by atoms with Gasteiger partial charge in [-0.05, 0) is 7.05 Å². The zero-order valence-corrected chi connectivity index (χ0v) is 6.92. The van der Waals surface area contributed by atoms with E-state index in [1.54, 1.807) is 7.05 Å². The molecule has 1 aromatic heterocycles. The van der Waals surface area contributed by atoms with E-state index >= 15 is 0 Å². The highest BCUT2D eigenvalue weighted by Crippen LogP contribution is 1.93. The molecule has 0 unspecified atom stereocenters. The molecule has 6 nitrogen and oxygen atoms in total. The van der Waals surface area contributed by atoms with E-state index in [0.717, 1.165) is 0 Å². The van der Waals surface area contributed by atoms with Crippen LogP contribution in [-0.4, -0.2) is 35.3 Å². The maximum absolute atomic E-state index is 10.8. The van der Waals surface area contributed by atoms with Crippen molar-refractivity contribution >= 4 is 5.97 Å². The van der Waals surface area contributed by atoms with Gasteiger partial charge in [0.1, 0.15) is 5.82 Å². The summed E-state index contributed by atoms with van der Waals surface area (Å²) in [7, 11) is 3.07. The van der Waals surface area contributed by atoms with Gasteiger partial charge in [0.2, 0.25) is 0 Å². The Bertz CT molecular complexity index is 270. The highest BCUT2D eigenvalue weighted by molar-refractivity contribution is 5.84. The smallest absolute Gasteiger partial charge is 0.377 e. The lowest BCUT2D eigenvalue weighted by molar-refractivity contribution is 0.0587. The van der Waals surface area contributed by atoms with Gasteiger partial charge in [0.25, 0.3) is 5.82 Å². The molecule has 0 aliphatic rings. The van der Waals surface area contributed by atoms with Crippen molar-refractivity contribution in [2.75, 3.05) is 14.2 Å². The normalized spacial score (nSPS) is 9.83. The van der Waals surface area contributed by atoms with Crippen LogP contribution in [0.25, 0.3) is 0 Å². The Balaban J connectivity index is 2.70. The van der Waals surface area contributed by atoms with Crippen molar-refractivity contribution < 1.29 is 9.53 Å². The summed E-state index contributed by atoms with van der Waals surface area (Å²) in [6.07, 6.45) is 0. The minimum atomic E-state index is -0.534. The molecule has 1 heterocycles. The molecule has 0 saturated carbocycles. The minimum Gasteiger partial charge on any atom is -0.463 e. The lowest BCUT2D eigenvalue weighted by atomic mass is 10.6. The van der Waals surface area contributed by atoms with Crippen molar-refractivity contribution in [3.05, 3.63) is 11.6 Å². The van der Waals surface area contributed by atoms with Gasteiger partial charge >= 0.3 is 5.97 Å². The summed E-state index contributed by atoms with van der Waals surface area (Å²) in [5.74, 6) is 0.134. The summed E-state index contributed by atoms with van der Waals surface area (Å²) in [6, 6.07) is 0. The second-order valence-corrected chi connectivity index (χ2v) is 2.13. The van der Waals surface area contributed by atoms with Crippen molar-refractivity contribution in [3.8, 4) is 0 Å². The summed E-state index contributed by atoms with van der Waals surface area (Å²) in [5, 5.41) is 9.12. The number of aromatic nitrogens is 3. The standard InChI is InChI=1S/C6H10N4O2/c1-7-3-4-8-5(10-9-4)6(11)12-2/h7H,3H2,1-2H3,(H,8,9,10). The molecule has 2 N–H and O–H groups in total. The second kappa shape index (κ2) is 3.82. The van der Waals surface area contributed by atoms with E-state index in [4.69, 9.17) is 0 Å². The zero-order valence-electron chi connectivity index (χ0n) is 6.92. The van der Waals surface area contributed by atoms with Gasteiger partial charge in [0.15, 0.2) is 0 Å². The number of hydrogen-bond acceptors (Lipinski definition) is 5. The van der Waals surface area contributed by atoms with Crippen LogP contribution in [0, 0.1) is 0 Å². The van der Waals surface area contributed by atoms with Crippen LogP contribution in [0.15, 0.2) is 0 Å². The Morgan fingerprint density at radius 1 is 1.75 bits per heavy atom. The minimum absolute atomic E-state index is 0.0581. The number of nitrogens with zero attached hydrogens (tertiary/aromatic N) is 2. The molecule has 0 saturated heterocycles. The Morgan fingerprint density at radius 2 is 2.50 bits per heavy atom. The highest BCUT2D eigenvalue weighted by Gasteiger charge is 2.11. The molecule has 0 atom stereocenters. The molecule has 0 aromatic carbocycles. The molecule has 0 bridgehead atoms. The molecule has 1 aromatic rings. The fourth-order valence-corrected chi connectivity index (χ4v) is 0.724. The van der Waals surface area contributed by atoms with Crippen LogP contribution in [0.3, 0.4) is 0 Å². The van der Waals surface area contributed by atoms with Crippen LogP contribution < -0.4 is 5.32 Å². The number of nitrogens with one attached hydrogen (secondary N) is 2. The zero-order chi connectivity index (χ0) is 8.97. The fraction of sp³-hybridized carbons (Fsp3) is 0.500. The quantitative estimate of drug-likeness (QED) is 0.587. The summed E-state index contributed by atoms with van der Waals surface area (Å²) in [5.41, 5.74) is 0. The molecule has 0 spiro atoms. The monoisotopic (exact) mass is 170 g/mol. The summed E-state index contributed by atoms with van der Waals surface area (Å²) >= 11 is 0. The van der Waals surface area contributed by atoms with Gasteiger partial charge < -0.3 is 10.1 Å². The lowest BCUT2D eigenvalue weighted by Gasteiger charge is -1.90. The molecular weight excluding hydrogens is 160 g/mol. The topological polar surface area (TPSA) is 79.9 Å². The maximum atomic E-state index is 10.8. The third kappa shape index (κ3) is 1.79. The van der Waals surface area contributed by atoms with E-state index < -0.39 is 5.97 Å². The number of carbonyl (C=O) groups is 1. The number of methoxy groups -OCH3 is 1. The van der Waals surface area contributed by atoms with E-state index in [1.807, 2.05) is 0 Å². The van der Waals surface area contributed by atoms with Crippen molar-refractivity contribution in [1.82, 2.24) is 20.5 Å². The number of esters is 1. The average molecular weight is 170 g/mol. The van der Waals surface area contributed by atoms with Gasteiger partial charge in [-0.15, -0.1) is 5.10 Å². The molecule has 12 heavy (non-hydrogen) atoms. The van der Waals surface area contributed by atoms with E-state index in [-0.39, 0.29) is 5.82 Å². The van der Waals surface area contributed by atoms with Gasteiger partial charge in [-0.2, -0.15) is 0 Å². The van der Waals surface area contributed by atoms with E-state index in [1.165, 1.54) is 7.11 Å².